The van der Waals surface area contributed by atoms with Crippen molar-refractivity contribution in [1.82, 2.24) is 15.5 Å². The molecule has 1 amide bonds. The fourth-order valence-electron chi connectivity index (χ4n) is 2.54. The number of nitrogens with one attached hydrogen (secondary N) is 3. The Bertz CT molecular complexity index is 641. The summed E-state index contributed by atoms with van der Waals surface area (Å²) in [6.45, 7) is 10.5. The highest BCUT2D eigenvalue weighted by Crippen LogP contribution is 2.26. The van der Waals surface area contributed by atoms with Gasteiger partial charge in [-0.15, -0.1) is 0 Å². The zero-order chi connectivity index (χ0) is 17.0. The second-order valence-corrected chi connectivity index (χ2v) is 6.55. The number of carbonyl (C=O) groups excluding carboxylic acids is 1. The lowest BCUT2D eigenvalue weighted by molar-refractivity contribution is -0.115. The van der Waals surface area contributed by atoms with Crippen molar-refractivity contribution in [2.45, 2.75) is 46.1 Å². The van der Waals surface area contributed by atoms with Gasteiger partial charge in [0.2, 0.25) is 5.91 Å². The Kier molecular flexibility index (Phi) is 5.21. The molecule has 0 radical (unpaired) electrons. The molecule has 0 bridgehead atoms. The number of aryl methyl sites for hydroxylation is 2. The normalized spacial score (nSPS) is 12.9. The number of aromatic amines is 1. The van der Waals surface area contributed by atoms with Crippen LogP contribution in [0.4, 0.5) is 5.69 Å². The van der Waals surface area contributed by atoms with E-state index in [2.05, 4.69) is 53.7 Å². The highest BCUT2D eigenvalue weighted by molar-refractivity contribution is 5.93. The van der Waals surface area contributed by atoms with Gasteiger partial charge in [-0.2, -0.15) is 5.10 Å². The van der Waals surface area contributed by atoms with Crippen LogP contribution in [0.25, 0.3) is 0 Å². The SMILES string of the molecule is Cc1n[nH]c(C)c1NC(=O)CN[C@H](C)C(C)(C)c1ccccc1. The predicted molar refractivity (Wildman–Crippen MR) is 93.6 cm³/mol. The molecule has 1 aromatic carbocycles. The van der Waals surface area contributed by atoms with Gasteiger partial charge in [0, 0.05) is 11.5 Å². The van der Waals surface area contributed by atoms with Gasteiger partial charge in [0.05, 0.1) is 23.6 Å². The van der Waals surface area contributed by atoms with Crippen molar-refractivity contribution in [3.8, 4) is 0 Å². The molecule has 5 heteroatoms. The van der Waals surface area contributed by atoms with E-state index in [1.807, 2.05) is 32.0 Å². The van der Waals surface area contributed by atoms with E-state index in [-0.39, 0.29) is 23.9 Å². The molecule has 1 heterocycles. The van der Waals surface area contributed by atoms with Gasteiger partial charge >= 0.3 is 0 Å². The first-order valence-corrected chi connectivity index (χ1v) is 7.92. The third-order valence-electron chi connectivity index (χ3n) is 4.56. The van der Waals surface area contributed by atoms with Crippen molar-refractivity contribution in [3.05, 3.63) is 47.3 Å². The van der Waals surface area contributed by atoms with E-state index in [0.29, 0.717) is 0 Å². The van der Waals surface area contributed by atoms with E-state index in [1.165, 1.54) is 5.56 Å². The van der Waals surface area contributed by atoms with Crippen LogP contribution in [0.2, 0.25) is 0 Å². The van der Waals surface area contributed by atoms with Gasteiger partial charge < -0.3 is 10.6 Å². The molecule has 5 nitrogen and oxygen atoms in total. The zero-order valence-corrected chi connectivity index (χ0v) is 14.5. The number of carbonyl (C=O) groups is 1. The number of benzene rings is 1. The maximum atomic E-state index is 12.2. The quantitative estimate of drug-likeness (QED) is 0.768. The lowest BCUT2D eigenvalue weighted by Crippen LogP contribution is -2.45. The second-order valence-electron chi connectivity index (χ2n) is 6.55. The van der Waals surface area contributed by atoms with E-state index in [0.717, 1.165) is 17.1 Å². The largest absolute Gasteiger partial charge is 0.322 e. The molecule has 124 valence electrons. The smallest absolute Gasteiger partial charge is 0.238 e. The monoisotopic (exact) mass is 314 g/mol. The molecule has 0 saturated carbocycles. The molecule has 2 aromatic rings. The summed E-state index contributed by atoms with van der Waals surface area (Å²) in [6, 6.07) is 10.5. The predicted octanol–water partition coefficient (Wildman–Crippen LogP) is 2.92. The molecule has 0 aliphatic rings. The van der Waals surface area contributed by atoms with Gasteiger partial charge in [-0.3, -0.25) is 9.89 Å². The van der Waals surface area contributed by atoms with Crippen LogP contribution < -0.4 is 10.6 Å². The molecule has 0 aliphatic heterocycles. The fraction of sp³-hybridized carbons (Fsp3) is 0.444. The van der Waals surface area contributed by atoms with Crippen LogP contribution in [0.15, 0.2) is 30.3 Å². The topological polar surface area (TPSA) is 69.8 Å². The average Bonchev–Trinajstić information content (AvgIpc) is 2.85. The minimum Gasteiger partial charge on any atom is -0.322 e. The molecule has 0 aliphatic carbocycles. The molecule has 0 unspecified atom stereocenters. The number of hydrogen-bond donors (Lipinski definition) is 3. The van der Waals surface area contributed by atoms with Gasteiger partial charge in [-0.1, -0.05) is 44.2 Å². The minimum absolute atomic E-state index is 0.0617. The van der Waals surface area contributed by atoms with Crippen molar-refractivity contribution in [2.24, 2.45) is 0 Å². The van der Waals surface area contributed by atoms with Crippen LogP contribution in [0.3, 0.4) is 0 Å². The number of H-pyrrole nitrogens is 1. The maximum absolute atomic E-state index is 12.2. The first-order valence-electron chi connectivity index (χ1n) is 7.92. The Morgan fingerprint density at radius 1 is 1.26 bits per heavy atom. The van der Waals surface area contributed by atoms with Gasteiger partial charge in [0.1, 0.15) is 0 Å². The number of rotatable bonds is 6. The van der Waals surface area contributed by atoms with Gasteiger partial charge in [0.25, 0.3) is 0 Å². The summed E-state index contributed by atoms with van der Waals surface area (Å²) in [5.41, 5.74) is 3.62. The summed E-state index contributed by atoms with van der Waals surface area (Å²) in [4.78, 5) is 12.2. The summed E-state index contributed by atoms with van der Waals surface area (Å²) < 4.78 is 0. The van der Waals surface area contributed by atoms with E-state index in [4.69, 9.17) is 0 Å². The first kappa shape index (κ1) is 17.2. The van der Waals surface area contributed by atoms with Crippen molar-refractivity contribution >= 4 is 11.6 Å². The summed E-state index contributed by atoms with van der Waals surface area (Å²) in [5.74, 6) is -0.0617. The number of nitrogens with zero attached hydrogens (tertiary/aromatic N) is 1. The Morgan fingerprint density at radius 3 is 2.48 bits per heavy atom. The molecule has 3 N–H and O–H groups in total. The van der Waals surface area contributed by atoms with E-state index < -0.39 is 0 Å². The van der Waals surface area contributed by atoms with Crippen molar-refractivity contribution in [2.75, 3.05) is 11.9 Å². The number of aromatic nitrogens is 2. The highest BCUT2D eigenvalue weighted by Gasteiger charge is 2.27. The summed E-state index contributed by atoms with van der Waals surface area (Å²) in [6.07, 6.45) is 0. The lowest BCUT2D eigenvalue weighted by atomic mass is 9.78. The molecule has 1 aromatic heterocycles. The van der Waals surface area contributed by atoms with Crippen LogP contribution in [-0.4, -0.2) is 28.7 Å². The van der Waals surface area contributed by atoms with E-state index in [9.17, 15) is 4.79 Å². The standard InChI is InChI=1S/C18H26N4O/c1-12-17(13(2)22-21-12)20-16(23)11-19-14(3)18(4,5)15-9-7-6-8-10-15/h6-10,14,19H,11H2,1-5H3,(H,20,23)(H,21,22)/t14-/m1/s1. The molecular weight excluding hydrogens is 288 g/mol. The average molecular weight is 314 g/mol. The Hall–Kier alpha value is -2.14. The fourth-order valence-corrected chi connectivity index (χ4v) is 2.54. The maximum Gasteiger partial charge on any atom is 0.238 e. The summed E-state index contributed by atoms with van der Waals surface area (Å²) >= 11 is 0. The lowest BCUT2D eigenvalue weighted by Gasteiger charge is -2.33. The van der Waals surface area contributed by atoms with Crippen LogP contribution in [0.5, 0.6) is 0 Å². The Morgan fingerprint density at radius 2 is 1.91 bits per heavy atom. The molecule has 0 spiro atoms. The van der Waals surface area contributed by atoms with Crippen molar-refractivity contribution in [3.63, 3.8) is 0 Å². The highest BCUT2D eigenvalue weighted by atomic mass is 16.1. The van der Waals surface area contributed by atoms with Crippen LogP contribution in [-0.2, 0) is 10.2 Å². The minimum atomic E-state index is -0.0665. The molecule has 0 saturated heterocycles. The van der Waals surface area contributed by atoms with Gasteiger partial charge in [-0.25, -0.2) is 0 Å². The zero-order valence-electron chi connectivity index (χ0n) is 14.5. The number of amides is 1. The third-order valence-corrected chi connectivity index (χ3v) is 4.56. The summed E-state index contributed by atoms with van der Waals surface area (Å²) in [7, 11) is 0. The molecule has 23 heavy (non-hydrogen) atoms. The third kappa shape index (κ3) is 3.99. The van der Waals surface area contributed by atoms with Crippen LogP contribution in [0.1, 0.15) is 37.7 Å². The second kappa shape index (κ2) is 6.96. The van der Waals surface area contributed by atoms with Gasteiger partial charge in [-0.05, 0) is 26.3 Å². The first-order chi connectivity index (χ1) is 10.8. The van der Waals surface area contributed by atoms with E-state index >= 15 is 0 Å². The number of hydrogen-bond acceptors (Lipinski definition) is 3. The number of anilines is 1. The van der Waals surface area contributed by atoms with Crippen molar-refractivity contribution in [1.29, 1.82) is 0 Å². The molecule has 2 rings (SSSR count). The van der Waals surface area contributed by atoms with Crippen molar-refractivity contribution < 1.29 is 4.79 Å². The van der Waals surface area contributed by atoms with Gasteiger partial charge in [0.15, 0.2) is 0 Å². The Labute approximate surface area is 137 Å². The van der Waals surface area contributed by atoms with E-state index in [1.54, 1.807) is 0 Å². The van der Waals surface area contributed by atoms with Crippen LogP contribution >= 0.6 is 0 Å². The Balaban J connectivity index is 1.93. The molecule has 1 atom stereocenters. The molecular formula is C18H26N4O. The molecule has 0 fully saturated rings. The van der Waals surface area contributed by atoms with Crippen LogP contribution in [0, 0.1) is 13.8 Å². The summed E-state index contributed by atoms with van der Waals surface area (Å²) in [5, 5.41) is 13.2.